The topological polar surface area (TPSA) is 45.8 Å². The SMILES string of the molecule is O=c1[nH]c(SCCC2=CC=C(Cl)CC=C2)nc2ccsc12. The van der Waals surface area contributed by atoms with Gasteiger partial charge in [0.15, 0.2) is 5.16 Å². The molecule has 0 amide bonds. The molecule has 1 N–H and O–H groups in total. The zero-order valence-electron chi connectivity index (χ0n) is 11.1. The van der Waals surface area contributed by atoms with E-state index < -0.39 is 0 Å². The molecule has 0 bridgehead atoms. The average molecular weight is 337 g/mol. The lowest BCUT2D eigenvalue weighted by Crippen LogP contribution is -2.07. The van der Waals surface area contributed by atoms with Crippen molar-refractivity contribution in [3.05, 3.63) is 56.7 Å². The first-order chi connectivity index (χ1) is 10.2. The minimum atomic E-state index is -0.0548. The summed E-state index contributed by atoms with van der Waals surface area (Å²) in [6.45, 7) is 0. The van der Waals surface area contributed by atoms with Crippen LogP contribution in [0.5, 0.6) is 0 Å². The van der Waals surface area contributed by atoms with Gasteiger partial charge >= 0.3 is 0 Å². The number of H-pyrrole nitrogens is 1. The number of nitrogens with zero attached hydrogens (tertiary/aromatic N) is 1. The van der Waals surface area contributed by atoms with Gasteiger partial charge in [-0.25, -0.2) is 4.98 Å². The highest BCUT2D eigenvalue weighted by Crippen LogP contribution is 2.22. The monoisotopic (exact) mass is 336 g/mol. The van der Waals surface area contributed by atoms with Gasteiger partial charge in [-0.2, -0.15) is 0 Å². The first-order valence-electron chi connectivity index (χ1n) is 6.54. The fourth-order valence-corrected chi connectivity index (χ4v) is 3.73. The first kappa shape index (κ1) is 14.6. The Morgan fingerprint density at radius 3 is 3.24 bits per heavy atom. The summed E-state index contributed by atoms with van der Waals surface area (Å²) in [5.74, 6) is 0.861. The standard InChI is InChI=1S/C15H13ClN2OS2/c16-11-3-1-2-10(4-5-11)6-8-21-15-17-12-7-9-20-13(12)14(19)18-15/h1-2,4-5,7,9H,3,6,8H2,(H,17,18,19). The smallest absolute Gasteiger partial charge is 0.269 e. The Bertz CT molecular complexity index is 801. The number of allylic oxidation sites excluding steroid dienone is 6. The van der Waals surface area contributed by atoms with E-state index in [0.29, 0.717) is 9.86 Å². The molecule has 6 heteroatoms. The van der Waals surface area contributed by atoms with E-state index in [-0.39, 0.29) is 5.56 Å². The predicted octanol–water partition coefficient (Wildman–Crippen LogP) is 4.48. The van der Waals surface area contributed by atoms with Crippen molar-refractivity contribution < 1.29 is 0 Å². The minimum absolute atomic E-state index is 0.0548. The molecule has 1 aliphatic carbocycles. The van der Waals surface area contributed by atoms with Crippen molar-refractivity contribution in [2.45, 2.75) is 18.0 Å². The second-order valence-corrected chi connectivity index (χ2v) is 7.05. The third-order valence-electron chi connectivity index (χ3n) is 3.05. The van der Waals surface area contributed by atoms with Crippen LogP contribution in [-0.4, -0.2) is 15.7 Å². The van der Waals surface area contributed by atoms with Gasteiger partial charge in [-0.15, -0.1) is 11.3 Å². The fraction of sp³-hybridized carbons (Fsp3) is 0.200. The normalized spacial score (nSPS) is 14.9. The molecule has 0 saturated carbocycles. The molecule has 0 unspecified atom stereocenters. The Morgan fingerprint density at radius 1 is 1.43 bits per heavy atom. The Hall–Kier alpha value is -1.30. The summed E-state index contributed by atoms with van der Waals surface area (Å²) in [7, 11) is 0. The summed E-state index contributed by atoms with van der Waals surface area (Å²) in [5, 5.41) is 3.42. The number of aromatic nitrogens is 2. The van der Waals surface area contributed by atoms with Crippen molar-refractivity contribution in [1.29, 1.82) is 0 Å². The van der Waals surface area contributed by atoms with Crippen molar-refractivity contribution in [1.82, 2.24) is 9.97 Å². The second kappa shape index (κ2) is 6.64. The summed E-state index contributed by atoms with van der Waals surface area (Å²) in [5.41, 5.74) is 1.95. The Balaban J connectivity index is 1.65. The molecular weight excluding hydrogens is 324 g/mol. The van der Waals surface area contributed by atoms with Gasteiger partial charge in [0.05, 0.1) is 5.52 Å². The highest BCUT2D eigenvalue weighted by Gasteiger charge is 2.05. The summed E-state index contributed by atoms with van der Waals surface area (Å²) >= 11 is 8.97. The Kier molecular flexibility index (Phi) is 4.63. The number of aromatic amines is 1. The minimum Gasteiger partial charge on any atom is -0.300 e. The number of fused-ring (bicyclic) bond motifs is 1. The zero-order chi connectivity index (χ0) is 14.7. The van der Waals surface area contributed by atoms with E-state index in [0.717, 1.165) is 29.1 Å². The first-order valence-corrected chi connectivity index (χ1v) is 8.79. The molecule has 0 radical (unpaired) electrons. The van der Waals surface area contributed by atoms with E-state index in [4.69, 9.17) is 11.6 Å². The number of nitrogens with one attached hydrogen (secondary N) is 1. The molecular formula is C15H13ClN2OS2. The number of hydrogen-bond acceptors (Lipinski definition) is 4. The summed E-state index contributed by atoms with van der Waals surface area (Å²) in [6, 6.07) is 1.88. The lowest BCUT2D eigenvalue weighted by Gasteiger charge is -2.02. The number of thioether (sulfide) groups is 1. The van der Waals surface area contributed by atoms with E-state index in [1.807, 2.05) is 23.6 Å². The van der Waals surface area contributed by atoms with E-state index in [1.54, 1.807) is 11.8 Å². The van der Waals surface area contributed by atoms with Gasteiger partial charge < -0.3 is 4.98 Å². The maximum absolute atomic E-state index is 11.9. The molecule has 3 nitrogen and oxygen atoms in total. The van der Waals surface area contributed by atoms with Crippen LogP contribution in [0.3, 0.4) is 0 Å². The fourth-order valence-electron chi connectivity index (χ4n) is 2.00. The summed E-state index contributed by atoms with van der Waals surface area (Å²) < 4.78 is 0.688. The number of halogens is 1. The highest BCUT2D eigenvalue weighted by molar-refractivity contribution is 7.99. The number of rotatable bonds is 4. The second-order valence-electron chi connectivity index (χ2n) is 4.57. The van der Waals surface area contributed by atoms with E-state index >= 15 is 0 Å². The van der Waals surface area contributed by atoms with Crippen LogP contribution in [0.25, 0.3) is 10.2 Å². The maximum atomic E-state index is 11.9. The number of thiophene rings is 1. The van der Waals surface area contributed by atoms with E-state index in [1.165, 1.54) is 16.9 Å². The van der Waals surface area contributed by atoms with Crippen LogP contribution < -0.4 is 5.56 Å². The average Bonchev–Trinajstić information content (AvgIpc) is 2.84. The molecule has 2 aromatic heterocycles. The molecule has 21 heavy (non-hydrogen) atoms. The van der Waals surface area contributed by atoms with Crippen LogP contribution in [0, 0.1) is 0 Å². The van der Waals surface area contributed by atoms with Crippen LogP contribution in [0.15, 0.2) is 56.3 Å². The number of hydrogen-bond donors (Lipinski definition) is 1. The van der Waals surface area contributed by atoms with Crippen molar-refractivity contribution in [2.75, 3.05) is 5.75 Å². The largest absolute Gasteiger partial charge is 0.300 e. The van der Waals surface area contributed by atoms with Crippen molar-refractivity contribution in [3.8, 4) is 0 Å². The molecule has 2 aromatic rings. The molecule has 0 aromatic carbocycles. The maximum Gasteiger partial charge on any atom is 0.269 e. The summed E-state index contributed by atoms with van der Waals surface area (Å²) in [4.78, 5) is 19.1. The lowest BCUT2D eigenvalue weighted by atomic mass is 10.2. The highest BCUT2D eigenvalue weighted by atomic mass is 35.5. The van der Waals surface area contributed by atoms with Crippen LogP contribution in [0.2, 0.25) is 0 Å². The molecule has 0 saturated heterocycles. The predicted molar refractivity (Wildman–Crippen MR) is 91.4 cm³/mol. The third-order valence-corrected chi connectivity index (χ3v) is 5.10. The molecule has 0 fully saturated rings. The van der Waals surface area contributed by atoms with E-state index in [2.05, 4.69) is 22.1 Å². The van der Waals surface area contributed by atoms with Gasteiger partial charge in [0, 0.05) is 17.2 Å². The summed E-state index contributed by atoms with van der Waals surface area (Å²) in [6.07, 6.45) is 9.86. The Morgan fingerprint density at radius 2 is 2.33 bits per heavy atom. The van der Waals surface area contributed by atoms with Crippen LogP contribution in [0.1, 0.15) is 12.8 Å². The van der Waals surface area contributed by atoms with Crippen molar-refractivity contribution >= 4 is 44.9 Å². The van der Waals surface area contributed by atoms with Crippen LogP contribution in [0.4, 0.5) is 0 Å². The van der Waals surface area contributed by atoms with Crippen LogP contribution in [-0.2, 0) is 0 Å². The van der Waals surface area contributed by atoms with Gasteiger partial charge in [-0.3, -0.25) is 4.79 Å². The lowest BCUT2D eigenvalue weighted by molar-refractivity contribution is 0.975. The molecule has 0 atom stereocenters. The van der Waals surface area contributed by atoms with Crippen LogP contribution >= 0.6 is 34.7 Å². The van der Waals surface area contributed by atoms with Crippen molar-refractivity contribution in [2.24, 2.45) is 0 Å². The van der Waals surface area contributed by atoms with Gasteiger partial charge in [-0.05, 0) is 29.5 Å². The van der Waals surface area contributed by atoms with Gasteiger partial charge in [0.25, 0.3) is 5.56 Å². The van der Waals surface area contributed by atoms with Gasteiger partial charge in [0.2, 0.25) is 0 Å². The van der Waals surface area contributed by atoms with Gasteiger partial charge in [0.1, 0.15) is 4.70 Å². The molecule has 2 heterocycles. The van der Waals surface area contributed by atoms with Gasteiger partial charge in [-0.1, -0.05) is 41.6 Å². The molecule has 0 aliphatic heterocycles. The Labute approximate surface area is 135 Å². The third kappa shape index (κ3) is 3.67. The van der Waals surface area contributed by atoms with Crippen molar-refractivity contribution in [3.63, 3.8) is 0 Å². The zero-order valence-corrected chi connectivity index (χ0v) is 13.5. The van der Waals surface area contributed by atoms with E-state index in [9.17, 15) is 4.79 Å². The molecule has 3 rings (SSSR count). The molecule has 1 aliphatic rings. The molecule has 108 valence electrons. The molecule has 0 spiro atoms. The quantitative estimate of drug-likeness (QED) is 0.661.